The molecule has 42 heavy (non-hydrogen) atoms. The number of anilines is 1. The van der Waals surface area contributed by atoms with E-state index in [-0.39, 0.29) is 18.5 Å². The number of aromatic nitrogens is 3. The fourth-order valence-corrected chi connectivity index (χ4v) is 4.95. The van der Waals surface area contributed by atoms with Crippen molar-refractivity contribution in [3.05, 3.63) is 45.4 Å². The van der Waals surface area contributed by atoms with Crippen LogP contribution in [0.3, 0.4) is 0 Å². The normalized spacial score (nSPS) is 14.2. The van der Waals surface area contributed by atoms with E-state index in [0.717, 1.165) is 50.3 Å². The predicted molar refractivity (Wildman–Crippen MR) is 173 cm³/mol. The van der Waals surface area contributed by atoms with Gasteiger partial charge in [-0.1, -0.05) is 63.9 Å². The first-order chi connectivity index (χ1) is 19.9. The van der Waals surface area contributed by atoms with Gasteiger partial charge in [0, 0.05) is 13.1 Å². The Balaban J connectivity index is 0.000000317. The molecule has 2 N–H and O–H groups in total. The van der Waals surface area contributed by atoms with Crippen LogP contribution in [0.1, 0.15) is 98.5 Å². The third-order valence-electron chi connectivity index (χ3n) is 7.53. The topological polar surface area (TPSA) is 100 Å². The standard InChI is InChI=1S/C21H30O4.C11H20N4S2/c1-5-21(4,19(23)25-13-16-9-7-6-8-10-16)15-20(2,3)18(22)24-14-17-11-12-17;1-3-5-7-15(8-6-4-2)9-12-10(16)14-11(17)13-9/h6-10,17H,5,11-15H2,1-4H3;3-8H2,1-2H3,(H2,12,13,14,16,17). The maximum atomic E-state index is 12.7. The Morgan fingerprint density at radius 2 is 1.57 bits per heavy atom. The molecule has 1 atom stereocenters. The van der Waals surface area contributed by atoms with Crippen molar-refractivity contribution >= 4 is 42.3 Å². The molecule has 1 fully saturated rings. The Morgan fingerprint density at radius 3 is 2.10 bits per heavy atom. The molecule has 0 saturated heterocycles. The Hall–Kier alpha value is -2.59. The summed E-state index contributed by atoms with van der Waals surface area (Å²) >= 11 is 10.1. The summed E-state index contributed by atoms with van der Waals surface area (Å²) in [6.07, 6.45) is 7.95. The van der Waals surface area contributed by atoms with Crippen LogP contribution in [-0.2, 0) is 25.7 Å². The molecule has 3 rings (SSSR count). The molecule has 0 spiro atoms. The summed E-state index contributed by atoms with van der Waals surface area (Å²) in [5.74, 6) is 0.839. The monoisotopic (exact) mass is 618 g/mol. The molecule has 0 aliphatic heterocycles. The van der Waals surface area contributed by atoms with Crippen LogP contribution in [-0.4, -0.2) is 46.6 Å². The highest BCUT2D eigenvalue weighted by Gasteiger charge is 2.43. The zero-order valence-electron chi connectivity index (χ0n) is 26.3. The molecule has 234 valence electrons. The molecule has 0 bridgehead atoms. The van der Waals surface area contributed by atoms with Gasteiger partial charge in [-0.2, -0.15) is 4.98 Å². The van der Waals surface area contributed by atoms with Crippen LogP contribution in [0.4, 0.5) is 5.95 Å². The molecule has 0 radical (unpaired) electrons. The van der Waals surface area contributed by atoms with E-state index in [2.05, 4.69) is 33.7 Å². The van der Waals surface area contributed by atoms with E-state index in [1.165, 1.54) is 12.8 Å². The van der Waals surface area contributed by atoms with Gasteiger partial charge in [0.05, 0.1) is 17.4 Å². The number of hydrogen-bond acceptors (Lipinski definition) is 8. The van der Waals surface area contributed by atoms with E-state index < -0.39 is 10.8 Å². The second kappa shape index (κ2) is 17.5. The molecule has 1 aliphatic carbocycles. The number of nitrogens with zero attached hydrogens (tertiary/aromatic N) is 2. The van der Waals surface area contributed by atoms with Gasteiger partial charge < -0.3 is 24.3 Å². The summed E-state index contributed by atoms with van der Waals surface area (Å²) in [6.45, 7) is 14.6. The van der Waals surface area contributed by atoms with E-state index in [9.17, 15) is 9.59 Å². The van der Waals surface area contributed by atoms with Gasteiger partial charge in [-0.25, -0.2) is 0 Å². The minimum atomic E-state index is -0.717. The van der Waals surface area contributed by atoms with E-state index >= 15 is 0 Å². The van der Waals surface area contributed by atoms with E-state index in [1.54, 1.807) is 0 Å². The lowest BCUT2D eigenvalue weighted by Gasteiger charge is -2.33. The number of carbonyl (C=O) groups excluding carboxylic acids is 2. The van der Waals surface area contributed by atoms with Crippen molar-refractivity contribution in [2.45, 2.75) is 99.5 Å². The molecule has 10 heteroatoms. The van der Waals surface area contributed by atoms with Crippen molar-refractivity contribution in [1.29, 1.82) is 0 Å². The zero-order valence-corrected chi connectivity index (χ0v) is 27.9. The van der Waals surface area contributed by atoms with Gasteiger partial charge in [-0.3, -0.25) is 9.59 Å². The van der Waals surface area contributed by atoms with Gasteiger partial charge in [0.25, 0.3) is 0 Å². The van der Waals surface area contributed by atoms with Crippen LogP contribution in [0.25, 0.3) is 0 Å². The first kappa shape index (κ1) is 35.6. The molecule has 1 unspecified atom stereocenters. The lowest BCUT2D eigenvalue weighted by atomic mass is 9.72. The number of aromatic amines is 2. The second-order valence-electron chi connectivity index (χ2n) is 12.1. The molecule has 1 aromatic heterocycles. The highest BCUT2D eigenvalue weighted by atomic mass is 32.1. The fourth-order valence-electron chi connectivity index (χ4n) is 4.51. The smallest absolute Gasteiger partial charge is 0.312 e. The quantitative estimate of drug-likeness (QED) is 0.144. The molecule has 2 aromatic rings. The summed E-state index contributed by atoms with van der Waals surface area (Å²) in [6, 6.07) is 9.62. The minimum absolute atomic E-state index is 0.227. The predicted octanol–water partition coefficient (Wildman–Crippen LogP) is 8.12. The van der Waals surface area contributed by atoms with Crippen LogP contribution in [0.2, 0.25) is 0 Å². The summed E-state index contributed by atoms with van der Waals surface area (Å²) in [5.41, 5.74) is -0.472. The summed E-state index contributed by atoms with van der Waals surface area (Å²) in [5, 5.41) is 0. The Labute approximate surface area is 262 Å². The molecule has 1 aromatic carbocycles. The number of unbranched alkanes of at least 4 members (excludes halogenated alkanes) is 2. The van der Waals surface area contributed by atoms with Crippen LogP contribution < -0.4 is 4.90 Å². The van der Waals surface area contributed by atoms with E-state index in [0.29, 0.717) is 34.9 Å². The largest absolute Gasteiger partial charge is 0.465 e. The van der Waals surface area contributed by atoms with Gasteiger partial charge in [0.15, 0.2) is 4.77 Å². The third kappa shape index (κ3) is 12.3. The number of H-pyrrole nitrogens is 2. The molecule has 1 saturated carbocycles. The highest BCUT2D eigenvalue weighted by Crippen LogP contribution is 2.39. The van der Waals surface area contributed by atoms with Crippen LogP contribution in [0.5, 0.6) is 0 Å². The van der Waals surface area contributed by atoms with Crippen molar-refractivity contribution in [3.63, 3.8) is 0 Å². The zero-order chi connectivity index (χ0) is 31.2. The van der Waals surface area contributed by atoms with Gasteiger partial charge in [0.1, 0.15) is 6.61 Å². The van der Waals surface area contributed by atoms with Gasteiger partial charge in [-0.15, -0.1) is 0 Å². The average molecular weight is 619 g/mol. The molecule has 1 aliphatic rings. The maximum absolute atomic E-state index is 12.7. The van der Waals surface area contributed by atoms with E-state index in [4.69, 9.17) is 33.9 Å². The summed E-state index contributed by atoms with van der Waals surface area (Å²) in [4.78, 5) is 37.5. The lowest BCUT2D eigenvalue weighted by molar-refractivity contribution is -0.164. The number of carbonyl (C=O) groups is 2. The number of benzene rings is 1. The van der Waals surface area contributed by atoms with Crippen LogP contribution in [0.15, 0.2) is 30.3 Å². The number of nitrogens with one attached hydrogen (secondary N) is 2. The van der Waals surface area contributed by atoms with Crippen LogP contribution >= 0.6 is 24.4 Å². The van der Waals surface area contributed by atoms with Crippen molar-refractivity contribution in [2.24, 2.45) is 16.7 Å². The highest BCUT2D eigenvalue weighted by molar-refractivity contribution is 7.71. The van der Waals surface area contributed by atoms with Gasteiger partial charge >= 0.3 is 11.9 Å². The Bertz CT molecular complexity index is 1190. The minimum Gasteiger partial charge on any atom is -0.465 e. The first-order valence-corrected chi connectivity index (χ1v) is 16.1. The number of ether oxygens (including phenoxy) is 2. The van der Waals surface area contributed by atoms with Gasteiger partial charge in [0.2, 0.25) is 10.7 Å². The van der Waals surface area contributed by atoms with Crippen molar-refractivity contribution in [1.82, 2.24) is 15.0 Å². The number of rotatable bonds is 16. The van der Waals surface area contributed by atoms with Gasteiger partial charge in [-0.05, 0) is 95.2 Å². The van der Waals surface area contributed by atoms with E-state index in [1.807, 2.05) is 58.0 Å². The lowest BCUT2D eigenvalue weighted by Crippen LogP contribution is -2.38. The Kier molecular flexibility index (Phi) is 14.8. The molecular formula is C32H50N4O4S2. The van der Waals surface area contributed by atoms with Crippen molar-refractivity contribution in [3.8, 4) is 0 Å². The average Bonchev–Trinajstić information content (AvgIpc) is 3.79. The van der Waals surface area contributed by atoms with Crippen molar-refractivity contribution < 1.29 is 19.1 Å². The SMILES string of the molecule is CCC(C)(CC(C)(C)C(=O)OCC1CC1)C(=O)OCc1ccccc1.CCCCN(CCCC)c1nc(=S)[nH]c(=S)[nH]1. The summed E-state index contributed by atoms with van der Waals surface area (Å²) < 4.78 is 12.0. The molecule has 0 amide bonds. The van der Waals surface area contributed by atoms with Crippen molar-refractivity contribution in [2.75, 3.05) is 24.6 Å². The summed E-state index contributed by atoms with van der Waals surface area (Å²) in [7, 11) is 0. The molecule has 1 heterocycles. The third-order valence-corrected chi connectivity index (χ3v) is 7.93. The van der Waals surface area contributed by atoms with Crippen LogP contribution in [0, 0.1) is 26.3 Å². The number of hydrogen-bond donors (Lipinski definition) is 2. The second-order valence-corrected chi connectivity index (χ2v) is 12.9. The molecule has 8 nitrogen and oxygen atoms in total. The Morgan fingerprint density at radius 1 is 0.952 bits per heavy atom. The molecular weight excluding hydrogens is 569 g/mol. The fraction of sp³-hybridized carbons (Fsp3) is 0.656. The number of esters is 2. The first-order valence-electron chi connectivity index (χ1n) is 15.3. The maximum Gasteiger partial charge on any atom is 0.312 e.